The molecule has 0 aliphatic carbocycles. The summed E-state index contributed by atoms with van der Waals surface area (Å²) in [4.78, 5) is 2.21. The van der Waals surface area contributed by atoms with E-state index in [-0.39, 0.29) is 12.6 Å². The van der Waals surface area contributed by atoms with Gasteiger partial charge in [-0.3, -0.25) is 0 Å². The molecule has 1 fully saturated rings. The first-order valence-corrected chi connectivity index (χ1v) is 3.79. The zero-order valence-corrected chi connectivity index (χ0v) is 6.45. The van der Waals surface area contributed by atoms with Gasteiger partial charge in [0.1, 0.15) is 0 Å². The van der Waals surface area contributed by atoms with E-state index in [9.17, 15) is 0 Å². The molecule has 1 heterocycles. The summed E-state index contributed by atoms with van der Waals surface area (Å²) < 4.78 is 0. The van der Waals surface area contributed by atoms with Crippen molar-refractivity contribution >= 4 is 0 Å². The van der Waals surface area contributed by atoms with Crippen LogP contribution in [0.1, 0.15) is 6.42 Å². The molecule has 1 rings (SSSR count). The third kappa shape index (κ3) is 1.68. The number of hydrogen-bond donors (Lipinski definition) is 2. The molecule has 1 saturated heterocycles. The van der Waals surface area contributed by atoms with Crippen LogP contribution in [0.2, 0.25) is 0 Å². The number of rotatable bonds is 1. The third-order valence-corrected chi connectivity index (χ3v) is 2.24. The second-order valence-corrected chi connectivity index (χ2v) is 3.16. The number of hydrogen-bond acceptors (Lipinski definition) is 3. The molecule has 0 aromatic heterocycles. The fourth-order valence-electron chi connectivity index (χ4n) is 1.43. The van der Waals surface area contributed by atoms with Gasteiger partial charge in [0, 0.05) is 19.2 Å². The van der Waals surface area contributed by atoms with Crippen molar-refractivity contribution in [2.75, 3.05) is 26.7 Å². The molecule has 0 bridgehead atoms. The number of aliphatic hydroxyl groups is 1. The molecule has 0 saturated carbocycles. The summed E-state index contributed by atoms with van der Waals surface area (Å²) in [7, 11) is 2.06. The van der Waals surface area contributed by atoms with Gasteiger partial charge in [-0.1, -0.05) is 0 Å². The smallest absolute Gasteiger partial charge is 0.0475 e. The van der Waals surface area contributed by atoms with Crippen molar-refractivity contribution in [3.8, 4) is 0 Å². The Hall–Kier alpha value is -0.120. The van der Waals surface area contributed by atoms with Crippen molar-refractivity contribution in [2.45, 2.75) is 12.5 Å². The predicted octanol–water partition coefficient (Wildman–Crippen LogP) is -0.742. The highest BCUT2D eigenvalue weighted by Gasteiger charge is 2.23. The van der Waals surface area contributed by atoms with Crippen LogP contribution >= 0.6 is 0 Å². The van der Waals surface area contributed by atoms with Gasteiger partial charge in [-0.05, 0) is 25.9 Å². The fourth-order valence-corrected chi connectivity index (χ4v) is 1.43. The zero-order valence-electron chi connectivity index (χ0n) is 6.45. The topological polar surface area (TPSA) is 49.5 Å². The number of piperidine rings is 1. The van der Waals surface area contributed by atoms with Crippen molar-refractivity contribution in [3.05, 3.63) is 0 Å². The molecule has 3 N–H and O–H groups in total. The summed E-state index contributed by atoms with van der Waals surface area (Å²) in [5.74, 6) is 0.330. The first kappa shape index (κ1) is 7.98. The van der Waals surface area contributed by atoms with Gasteiger partial charge < -0.3 is 15.7 Å². The van der Waals surface area contributed by atoms with Gasteiger partial charge in [-0.25, -0.2) is 0 Å². The molecule has 3 nitrogen and oxygen atoms in total. The van der Waals surface area contributed by atoms with E-state index in [1.165, 1.54) is 0 Å². The van der Waals surface area contributed by atoms with Crippen LogP contribution in [0.3, 0.4) is 0 Å². The normalized spacial score (nSPS) is 36.3. The van der Waals surface area contributed by atoms with Gasteiger partial charge in [-0.2, -0.15) is 0 Å². The van der Waals surface area contributed by atoms with Gasteiger partial charge in [0.2, 0.25) is 0 Å². The number of likely N-dealkylation sites (N-methyl/N-ethyl adjacent to an activating group) is 1. The van der Waals surface area contributed by atoms with Gasteiger partial charge in [0.25, 0.3) is 0 Å². The molecule has 0 spiro atoms. The monoisotopic (exact) mass is 144 g/mol. The molecule has 2 atom stereocenters. The van der Waals surface area contributed by atoms with Crippen molar-refractivity contribution in [1.82, 2.24) is 4.90 Å². The lowest BCUT2D eigenvalue weighted by atomic mass is 9.93. The Morgan fingerprint density at radius 1 is 1.70 bits per heavy atom. The van der Waals surface area contributed by atoms with Crippen LogP contribution in [0.5, 0.6) is 0 Å². The van der Waals surface area contributed by atoms with E-state index in [1.807, 2.05) is 0 Å². The maximum absolute atomic E-state index is 8.85. The Labute approximate surface area is 61.8 Å². The van der Waals surface area contributed by atoms with E-state index in [1.54, 1.807) is 0 Å². The molecule has 2 unspecified atom stereocenters. The molecular weight excluding hydrogens is 128 g/mol. The Morgan fingerprint density at radius 2 is 2.40 bits per heavy atom. The molecule has 0 amide bonds. The Kier molecular flexibility index (Phi) is 2.65. The molecule has 0 radical (unpaired) electrons. The Balaban J connectivity index is 2.36. The summed E-state index contributed by atoms with van der Waals surface area (Å²) in [5, 5.41) is 8.85. The van der Waals surface area contributed by atoms with Gasteiger partial charge >= 0.3 is 0 Å². The molecule has 1 aliphatic heterocycles. The van der Waals surface area contributed by atoms with E-state index < -0.39 is 0 Å². The minimum atomic E-state index is 0.170. The SMILES string of the molecule is CN1CCC(CO)C(N)C1. The molecule has 60 valence electrons. The predicted molar refractivity (Wildman–Crippen MR) is 40.7 cm³/mol. The highest BCUT2D eigenvalue weighted by molar-refractivity contribution is 4.80. The number of likely N-dealkylation sites (tertiary alicyclic amines) is 1. The highest BCUT2D eigenvalue weighted by Crippen LogP contribution is 2.13. The lowest BCUT2D eigenvalue weighted by molar-refractivity contribution is 0.127. The average molecular weight is 144 g/mol. The van der Waals surface area contributed by atoms with Crippen molar-refractivity contribution in [1.29, 1.82) is 0 Å². The second-order valence-electron chi connectivity index (χ2n) is 3.16. The van der Waals surface area contributed by atoms with Crippen LogP contribution in [-0.2, 0) is 0 Å². The van der Waals surface area contributed by atoms with Crippen LogP contribution < -0.4 is 5.73 Å². The average Bonchev–Trinajstić information content (AvgIpc) is 1.88. The zero-order chi connectivity index (χ0) is 7.56. The lowest BCUT2D eigenvalue weighted by Crippen LogP contribution is -2.47. The number of nitrogens with zero attached hydrogens (tertiary/aromatic N) is 1. The van der Waals surface area contributed by atoms with Crippen LogP contribution in [0, 0.1) is 5.92 Å². The lowest BCUT2D eigenvalue weighted by Gasteiger charge is -2.33. The summed E-state index contributed by atoms with van der Waals surface area (Å²) in [5.41, 5.74) is 5.78. The molecule has 0 aromatic rings. The standard InChI is InChI=1S/C7H16N2O/c1-9-3-2-6(5-10)7(8)4-9/h6-7,10H,2-5,8H2,1H3. The first-order valence-electron chi connectivity index (χ1n) is 3.79. The van der Waals surface area contributed by atoms with Gasteiger partial charge in [0.15, 0.2) is 0 Å². The summed E-state index contributed by atoms with van der Waals surface area (Å²) in [6, 6.07) is 0.170. The second kappa shape index (κ2) is 3.32. The van der Waals surface area contributed by atoms with Crippen LogP contribution in [0.25, 0.3) is 0 Å². The Bertz CT molecular complexity index is 108. The van der Waals surface area contributed by atoms with Gasteiger partial charge in [-0.15, -0.1) is 0 Å². The number of aliphatic hydroxyl groups excluding tert-OH is 1. The quantitative estimate of drug-likeness (QED) is 0.509. The van der Waals surface area contributed by atoms with E-state index in [0.717, 1.165) is 19.5 Å². The van der Waals surface area contributed by atoms with Gasteiger partial charge in [0.05, 0.1) is 0 Å². The van der Waals surface area contributed by atoms with Crippen molar-refractivity contribution in [2.24, 2.45) is 11.7 Å². The minimum absolute atomic E-state index is 0.170. The van der Waals surface area contributed by atoms with Crippen molar-refractivity contribution < 1.29 is 5.11 Å². The highest BCUT2D eigenvalue weighted by atomic mass is 16.3. The van der Waals surface area contributed by atoms with Crippen LogP contribution in [0.15, 0.2) is 0 Å². The first-order chi connectivity index (χ1) is 4.74. The largest absolute Gasteiger partial charge is 0.396 e. The number of nitrogens with two attached hydrogens (primary N) is 1. The Morgan fingerprint density at radius 3 is 2.90 bits per heavy atom. The maximum atomic E-state index is 8.85. The third-order valence-electron chi connectivity index (χ3n) is 2.24. The molecule has 0 aromatic carbocycles. The van der Waals surface area contributed by atoms with E-state index in [4.69, 9.17) is 10.8 Å². The van der Waals surface area contributed by atoms with Crippen molar-refractivity contribution in [3.63, 3.8) is 0 Å². The van der Waals surface area contributed by atoms with E-state index in [2.05, 4.69) is 11.9 Å². The molecule has 10 heavy (non-hydrogen) atoms. The molecular formula is C7H16N2O. The van der Waals surface area contributed by atoms with Crippen LogP contribution in [0.4, 0.5) is 0 Å². The minimum Gasteiger partial charge on any atom is -0.396 e. The molecule has 3 heteroatoms. The summed E-state index contributed by atoms with van der Waals surface area (Å²) in [6.45, 7) is 2.24. The molecule has 1 aliphatic rings. The summed E-state index contributed by atoms with van der Waals surface area (Å²) in [6.07, 6.45) is 1.04. The fraction of sp³-hybridized carbons (Fsp3) is 1.00. The van der Waals surface area contributed by atoms with Crippen LogP contribution in [-0.4, -0.2) is 42.8 Å². The summed E-state index contributed by atoms with van der Waals surface area (Å²) >= 11 is 0. The van der Waals surface area contributed by atoms with E-state index in [0.29, 0.717) is 5.92 Å². The van der Waals surface area contributed by atoms with E-state index >= 15 is 0 Å². The maximum Gasteiger partial charge on any atom is 0.0475 e.